The topological polar surface area (TPSA) is 0 Å². The number of rotatable bonds is 8. The molecule has 0 aliphatic rings. The minimum absolute atomic E-state index is 0.932. The molecular formula is C13H28. The van der Waals surface area contributed by atoms with Crippen molar-refractivity contribution in [2.24, 2.45) is 11.8 Å². The van der Waals surface area contributed by atoms with Gasteiger partial charge in [-0.1, -0.05) is 66.2 Å². The SMILES string of the molecule is CCCCCCC(C)CC(C)CC. The van der Waals surface area contributed by atoms with Crippen molar-refractivity contribution in [2.75, 3.05) is 0 Å². The van der Waals surface area contributed by atoms with Crippen molar-refractivity contribution in [3.8, 4) is 0 Å². The van der Waals surface area contributed by atoms with Crippen molar-refractivity contribution in [2.45, 2.75) is 72.6 Å². The van der Waals surface area contributed by atoms with Gasteiger partial charge in [-0.15, -0.1) is 0 Å². The van der Waals surface area contributed by atoms with E-state index in [0.29, 0.717) is 0 Å². The molecule has 0 N–H and O–H groups in total. The summed E-state index contributed by atoms with van der Waals surface area (Å²) in [5, 5.41) is 0. The largest absolute Gasteiger partial charge is 0.0654 e. The van der Waals surface area contributed by atoms with Crippen LogP contribution in [-0.4, -0.2) is 0 Å². The maximum Gasteiger partial charge on any atom is -0.0440 e. The molecule has 0 aromatic rings. The van der Waals surface area contributed by atoms with Gasteiger partial charge in [0.15, 0.2) is 0 Å². The Labute approximate surface area is 85.1 Å². The first-order valence-electron chi connectivity index (χ1n) is 6.20. The van der Waals surface area contributed by atoms with Crippen LogP contribution in [0, 0.1) is 11.8 Å². The monoisotopic (exact) mass is 184 g/mol. The molecule has 0 nitrogen and oxygen atoms in total. The van der Waals surface area contributed by atoms with E-state index < -0.39 is 0 Å². The van der Waals surface area contributed by atoms with E-state index >= 15 is 0 Å². The van der Waals surface area contributed by atoms with E-state index in [4.69, 9.17) is 0 Å². The van der Waals surface area contributed by atoms with Crippen LogP contribution in [0.1, 0.15) is 72.6 Å². The van der Waals surface area contributed by atoms with E-state index in [9.17, 15) is 0 Å². The molecule has 80 valence electrons. The smallest absolute Gasteiger partial charge is 0.0440 e. The number of unbranched alkanes of at least 4 members (excludes halogenated alkanes) is 3. The van der Waals surface area contributed by atoms with Gasteiger partial charge in [-0.05, 0) is 18.3 Å². The van der Waals surface area contributed by atoms with E-state index in [1.54, 1.807) is 0 Å². The highest BCUT2D eigenvalue weighted by Gasteiger charge is 2.06. The van der Waals surface area contributed by atoms with Gasteiger partial charge in [0.1, 0.15) is 0 Å². The molecule has 0 aromatic carbocycles. The van der Waals surface area contributed by atoms with Crippen LogP contribution in [0.2, 0.25) is 0 Å². The lowest BCUT2D eigenvalue weighted by atomic mass is 9.91. The van der Waals surface area contributed by atoms with Gasteiger partial charge in [-0.3, -0.25) is 0 Å². The van der Waals surface area contributed by atoms with Crippen LogP contribution in [0.5, 0.6) is 0 Å². The highest BCUT2D eigenvalue weighted by atomic mass is 14.1. The Balaban J connectivity index is 3.24. The predicted molar refractivity (Wildman–Crippen MR) is 62.0 cm³/mol. The van der Waals surface area contributed by atoms with Crippen LogP contribution in [0.4, 0.5) is 0 Å². The second kappa shape index (κ2) is 8.59. The molecule has 13 heavy (non-hydrogen) atoms. The number of hydrogen-bond acceptors (Lipinski definition) is 0. The van der Waals surface area contributed by atoms with Crippen LogP contribution in [-0.2, 0) is 0 Å². The zero-order chi connectivity index (χ0) is 10.1. The molecule has 0 heteroatoms. The first kappa shape index (κ1) is 13.0. The molecule has 0 heterocycles. The Morgan fingerprint density at radius 3 is 2.08 bits per heavy atom. The van der Waals surface area contributed by atoms with Crippen LogP contribution < -0.4 is 0 Å². The second-order valence-electron chi connectivity index (χ2n) is 4.70. The average molecular weight is 184 g/mol. The van der Waals surface area contributed by atoms with Gasteiger partial charge in [-0.25, -0.2) is 0 Å². The Bertz CT molecular complexity index is 96.2. The van der Waals surface area contributed by atoms with Crippen molar-refractivity contribution in [3.05, 3.63) is 0 Å². The maximum atomic E-state index is 2.41. The molecule has 0 aliphatic heterocycles. The fraction of sp³-hybridized carbons (Fsp3) is 1.00. The first-order valence-corrected chi connectivity index (χ1v) is 6.20. The molecule has 0 bridgehead atoms. The molecule has 0 spiro atoms. The normalized spacial score (nSPS) is 15.7. The van der Waals surface area contributed by atoms with Gasteiger partial charge < -0.3 is 0 Å². The minimum Gasteiger partial charge on any atom is -0.0654 e. The van der Waals surface area contributed by atoms with Gasteiger partial charge >= 0.3 is 0 Å². The summed E-state index contributed by atoms with van der Waals surface area (Å²) in [4.78, 5) is 0. The fourth-order valence-electron chi connectivity index (χ4n) is 1.89. The van der Waals surface area contributed by atoms with Gasteiger partial charge in [0.2, 0.25) is 0 Å². The van der Waals surface area contributed by atoms with Crippen LogP contribution in [0.3, 0.4) is 0 Å². The zero-order valence-corrected chi connectivity index (χ0v) is 10.1. The molecule has 0 saturated carbocycles. The van der Waals surface area contributed by atoms with E-state index in [0.717, 1.165) is 11.8 Å². The second-order valence-corrected chi connectivity index (χ2v) is 4.70. The summed E-state index contributed by atoms with van der Waals surface area (Å²) in [7, 11) is 0. The van der Waals surface area contributed by atoms with Crippen molar-refractivity contribution in [3.63, 3.8) is 0 Å². The summed E-state index contributed by atoms with van der Waals surface area (Å²) in [5.41, 5.74) is 0. The molecule has 0 amide bonds. The molecule has 0 aromatic heterocycles. The number of hydrogen-bond donors (Lipinski definition) is 0. The van der Waals surface area contributed by atoms with Gasteiger partial charge in [0.05, 0.1) is 0 Å². The Morgan fingerprint density at radius 1 is 0.846 bits per heavy atom. The Hall–Kier alpha value is 0. The third-order valence-electron chi connectivity index (χ3n) is 3.05. The lowest BCUT2D eigenvalue weighted by molar-refractivity contribution is 0.375. The molecular weight excluding hydrogens is 156 g/mol. The van der Waals surface area contributed by atoms with Gasteiger partial charge in [-0.2, -0.15) is 0 Å². The Kier molecular flexibility index (Phi) is 8.59. The molecule has 0 radical (unpaired) electrons. The summed E-state index contributed by atoms with van der Waals surface area (Å²) in [6.45, 7) is 9.37. The molecule has 0 aliphatic carbocycles. The third kappa shape index (κ3) is 8.33. The lowest BCUT2D eigenvalue weighted by Crippen LogP contribution is -2.02. The molecule has 2 atom stereocenters. The van der Waals surface area contributed by atoms with Crippen molar-refractivity contribution in [1.29, 1.82) is 0 Å². The Morgan fingerprint density at radius 2 is 1.54 bits per heavy atom. The van der Waals surface area contributed by atoms with Crippen LogP contribution >= 0.6 is 0 Å². The lowest BCUT2D eigenvalue weighted by Gasteiger charge is -2.15. The summed E-state index contributed by atoms with van der Waals surface area (Å²) in [5.74, 6) is 1.88. The zero-order valence-electron chi connectivity index (χ0n) is 10.1. The van der Waals surface area contributed by atoms with E-state index in [1.807, 2.05) is 0 Å². The van der Waals surface area contributed by atoms with Crippen molar-refractivity contribution in [1.82, 2.24) is 0 Å². The predicted octanol–water partition coefficient (Wildman–Crippen LogP) is 5.03. The fourth-order valence-corrected chi connectivity index (χ4v) is 1.89. The molecule has 2 unspecified atom stereocenters. The summed E-state index contributed by atoms with van der Waals surface area (Å²) < 4.78 is 0. The summed E-state index contributed by atoms with van der Waals surface area (Å²) in [6, 6.07) is 0. The first-order chi connectivity index (χ1) is 6.20. The average Bonchev–Trinajstić information content (AvgIpc) is 2.12. The minimum atomic E-state index is 0.932. The van der Waals surface area contributed by atoms with E-state index in [2.05, 4.69) is 27.7 Å². The standard InChI is InChI=1S/C13H28/c1-5-7-8-9-10-13(4)11-12(3)6-2/h12-13H,5-11H2,1-4H3. The van der Waals surface area contributed by atoms with E-state index in [-0.39, 0.29) is 0 Å². The third-order valence-corrected chi connectivity index (χ3v) is 3.05. The highest BCUT2D eigenvalue weighted by Crippen LogP contribution is 2.20. The van der Waals surface area contributed by atoms with Gasteiger partial charge in [0, 0.05) is 0 Å². The molecule has 0 rings (SSSR count). The quantitative estimate of drug-likeness (QED) is 0.464. The van der Waals surface area contributed by atoms with Crippen molar-refractivity contribution >= 4 is 0 Å². The van der Waals surface area contributed by atoms with Crippen molar-refractivity contribution < 1.29 is 0 Å². The maximum absolute atomic E-state index is 2.41. The molecule has 0 fully saturated rings. The van der Waals surface area contributed by atoms with E-state index in [1.165, 1.54) is 44.9 Å². The van der Waals surface area contributed by atoms with Crippen LogP contribution in [0.25, 0.3) is 0 Å². The van der Waals surface area contributed by atoms with Crippen LogP contribution in [0.15, 0.2) is 0 Å². The summed E-state index contributed by atoms with van der Waals surface area (Å²) in [6.07, 6.45) is 9.91. The molecule has 0 saturated heterocycles. The van der Waals surface area contributed by atoms with Gasteiger partial charge in [0.25, 0.3) is 0 Å². The highest BCUT2D eigenvalue weighted by molar-refractivity contribution is 4.58. The summed E-state index contributed by atoms with van der Waals surface area (Å²) >= 11 is 0.